The minimum absolute atomic E-state index is 0.111. The van der Waals surface area contributed by atoms with Crippen molar-refractivity contribution in [2.45, 2.75) is 56.3 Å². The van der Waals surface area contributed by atoms with Crippen LogP contribution in [0.4, 0.5) is 0 Å². The van der Waals surface area contributed by atoms with Crippen molar-refractivity contribution >= 4 is 11.8 Å². The lowest BCUT2D eigenvalue weighted by molar-refractivity contribution is 0.0220. The van der Waals surface area contributed by atoms with Crippen LogP contribution in [0.25, 0.3) is 0 Å². The fraction of sp³-hybridized carbons (Fsp3) is 0.650. The molecule has 4 rings (SSSR count). The summed E-state index contributed by atoms with van der Waals surface area (Å²) in [4.78, 5) is 22.2. The minimum atomic E-state index is 0.111. The topological polar surface area (TPSA) is 60.9 Å². The molecule has 0 bridgehead atoms. The van der Waals surface area contributed by atoms with Crippen LogP contribution < -0.4 is 0 Å². The van der Waals surface area contributed by atoms with Crippen LogP contribution in [0.5, 0.6) is 0 Å². The highest BCUT2D eigenvalue weighted by atomic mass is 32.2. The standard InChI is InChI=1S/C20H30N6S/c1-3-4-11-27-19-21-12-16(13-22-19)14-26-9-6-20(7-10-26)18-17(23-15-24-18)5-8-25(20)2/h12-13,15H,3-11,14H2,1-2H3,(H,23,24). The van der Waals surface area contributed by atoms with E-state index in [1.807, 2.05) is 18.7 Å². The van der Waals surface area contributed by atoms with E-state index >= 15 is 0 Å². The van der Waals surface area contributed by atoms with Gasteiger partial charge in [0.05, 0.1) is 17.6 Å². The van der Waals surface area contributed by atoms with Gasteiger partial charge in [-0.1, -0.05) is 25.1 Å². The second-order valence-electron chi connectivity index (χ2n) is 7.78. The van der Waals surface area contributed by atoms with Crippen molar-refractivity contribution in [3.8, 4) is 0 Å². The second kappa shape index (κ2) is 8.29. The molecule has 0 atom stereocenters. The third-order valence-corrected chi connectivity index (χ3v) is 7.05. The number of hydrogen-bond acceptors (Lipinski definition) is 6. The van der Waals surface area contributed by atoms with Crippen molar-refractivity contribution in [3.05, 3.63) is 35.7 Å². The van der Waals surface area contributed by atoms with Gasteiger partial charge in [-0.15, -0.1) is 0 Å². The fourth-order valence-electron chi connectivity index (χ4n) is 4.35. The molecule has 0 radical (unpaired) electrons. The van der Waals surface area contributed by atoms with E-state index in [4.69, 9.17) is 4.98 Å². The first kappa shape index (κ1) is 18.9. The number of fused-ring (bicyclic) bond motifs is 2. The molecule has 1 N–H and O–H groups in total. The number of rotatable bonds is 6. The van der Waals surface area contributed by atoms with Crippen molar-refractivity contribution < 1.29 is 0 Å². The van der Waals surface area contributed by atoms with Gasteiger partial charge >= 0.3 is 0 Å². The number of unbranched alkanes of at least 4 members (excludes halogenated alkanes) is 1. The Labute approximate surface area is 166 Å². The molecule has 0 aromatic carbocycles. The zero-order valence-electron chi connectivity index (χ0n) is 16.4. The van der Waals surface area contributed by atoms with Gasteiger partial charge in [-0.05, 0) is 26.3 Å². The second-order valence-corrected chi connectivity index (χ2v) is 8.85. The van der Waals surface area contributed by atoms with Crippen LogP contribution in [0, 0.1) is 0 Å². The van der Waals surface area contributed by atoms with Crippen LogP contribution in [0.2, 0.25) is 0 Å². The number of likely N-dealkylation sites (N-methyl/N-ethyl adjacent to an activating group) is 1. The molecule has 1 fully saturated rings. The summed E-state index contributed by atoms with van der Waals surface area (Å²) in [6.45, 7) is 6.44. The van der Waals surface area contributed by atoms with E-state index in [1.54, 1.807) is 11.8 Å². The molecule has 146 valence electrons. The van der Waals surface area contributed by atoms with E-state index < -0.39 is 0 Å². The van der Waals surface area contributed by atoms with Crippen LogP contribution in [-0.2, 0) is 18.5 Å². The Bertz CT molecular complexity index is 735. The summed E-state index contributed by atoms with van der Waals surface area (Å²) < 4.78 is 0. The number of imidazole rings is 1. The lowest BCUT2D eigenvalue weighted by atomic mass is 9.79. The lowest BCUT2D eigenvalue weighted by Crippen LogP contribution is -2.54. The van der Waals surface area contributed by atoms with Gasteiger partial charge < -0.3 is 4.98 Å². The highest BCUT2D eigenvalue weighted by molar-refractivity contribution is 7.99. The number of nitrogens with zero attached hydrogens (tertiary/aromatic N) is 5. The zero-order chi connectivity index (χ0) is 18.7. The van der Waals surface area contributed by atoms with Crippen LogP contribution in [0.15, 0.2) is 23.9 Å². The van der Waals surface area contributed by atoms with Gasteiger partial charge in [-0.3, -0.25) is 9.80 Å². The molecule has 1 saturated heterocycles. The maximum Gasteiger partial charge on any atom is 0.187 e. The van der Waals surface area contributed by atoms with Crippen molar-refractivity contribution in [3.63, 3.8) is 0 Å². The molecular formula is C20H30N6S. The van der Waals surface area contributed by atoms with Gasteiger partial charge in [0.1, 0.15) is 0 Å². The number of piperidine rings is 1. The Hall–Kier alpha value is -1.44. The number of thioether (sulfide) groups is 1. The van der Waals surface area contributed by atoms with Crippen LogP contribution in [0.3, 0.4) is 0 Å². The quantitative estimate of drug-likeness (QED) is 0.468. The molecule has 27 heavy (non-hydrogen) atoms. The Morgan fingerprint density at radius 2 is 1.93 bits per heavy atom. The van der Waals surface area contributed by atoms with Crippen LogP contribution in [0.1, 0.15) is 49.6 Å². The Kier molecular flexibility index (Phi) is 5.80. The van der Waals surface area contributed by atoms with Gasteiger partial charge in [0, 0.05) is 62.0 Å². The predicted molar refractivity (Wildman–Crippen MR) is 109 cm³/mol. The molecule has 4 heterocycles. The van der Waals surface area contributed by atoms with Gasteiger partial charge in [0.25, 0.3) is 0 Å². The summed E-state index contributed by atoms with van der Waals surface area (Å²) in [6.07, 6.45) is 11.7. The molecule has 2 aliphatic rings. The van der Waals surface area contributed by atoms with E-state index in [9.17, 15) is 0 Å². The average molecular weight is 387 g/mol. The molecule has 1 spiro atoms. The highest BCUT2D eigenvalue weighted by Crippen LogP contribution is 2.41. The van der Waals surface area contributed by atoms with Crippen LogP contribution in [-0.4, -0.2) is 62.2 Å². The monoisotopic (exact) mass is 386 g/mol. The summed E-state index contributed by atoms with van der Waals surface area (Å²) in [5.41, 5.74) is 3.95. The van der Waals surface area contributed by atoms with Crippen molar-refractivity contribution in [1.29, 1.82) is 0 Å². The first-order valence-corrected chi connectivity index (χ1v) is 11.1. The molecule has 7 heteroatoms. The zero-order valence-corrected chi connectivity index (χ0v) is 17.3. The molecule has 2 aromatic rings. The number of aromatic nitrogens is 4. The third-order valence-electron chi connectivity index (χ3n) is 6.09. The summed E-state index contributed by atoms with van der Waals surface area (Å²) in [6, 6.07) is 0. The first-order valence-electron chi connectivity index (χ1n) is 10.1. The van der Waals surface area contributed by atoms with E-state index in [1.165, 1.54) is 29.8 Å². The van der Waals surface area contributed by atoms with Gasteiger partial charge in [0.15, 0.2) is 5.16 Å². The van der Waals surface area contributed by atoms with Gasteiger partial charge in [0.2, 0.25) is 0 Å². The first-order chi connectivity index (χ1) is 13.2. The number of hydrogen-bond donors (Lipinski definition) is 1. The molecule has 0 saturated carbocycles. The maximum absolute atomic E-state index is 4.70. The van der Waals surface area contributed by atoms with Crippen molar-refractivity contribution in [2.75, 3.05) is 32.4 Å². The molecule has 2 aliphatic heterocycles. The van der Waals surface area contributed by atoms with Gasteiger partial charge in [-0.2, -0.15) is 0 Å². The van der Waals surface area contributed by atoms with E-state index in [-0.39, 0.29) is 5.54 Å². The lowest BCUT2D eigenvalue weighted by Gasteiger charge is -2.49. The molecule has 6 nitrogen and oxygen atoms in total. The van der Waals surface area contributed by atoms with Crippen molar-refractivity contribution in [2.24, 2.45) is 0 Å². The molecule has 0 unspecified atom stereocenters. The Morgan fingerprint density at radius 1 is 1.15 bits per heavy atom. The summed E-state index contributed by atoms with van der Waals surface area (Å²) in [5.74, 6) is 1.10. The number of aromatic amines is 1. The molecular weight excluding hydrogens is 356 g/mol. The summed E-state index contributed by atoms with van der Waals surface area (Å²) in [5, 5.41) is 0.902. The van der Waals surface area contributed by atoms with Crippen LogP contribution >= 0.6 is 11.8 Å². The molecule has 0 amide bonds. The molecule has 0 aliphatic carbocycles. The van der Waals surface area contributed by atoms with E-state index in [2.05, 4.69) is 38.7 Å². The fourth-order valence-corrected chi connectivity index (χ4v) is 5.22. The summed E-state index contributed by atoms with van der Waals surface area (Å²) in [7, 11) is 2.26. The third kappa shape index (κ3) is 3.91. The van der Waals surface area contributed by atoms with E-state index in [0.29, 0.717) is 0 Å². The Morgan fingerprint density at radius 3 is 2.67 bits per heavy atom. The van der Waals surface area contributed by atoms with Crippen molar-refractivity contribution in [1.82, 2.24) is 29.7 Å². The normalized spacial score (nSPS) is 20.1. The number of nitrogens with one attached hydrogen (secondary N) is 1. The predicted octanol–water partition coefficient (Wildman–Crippen LogP) is 3.07. The number of H-pyrrole nitrogens is 1. The van der Waals surface area contributed by atoms with E-state index in [0.717, 1.165) is 56.4 Å². The SMILES string of the molecule is CCCCSc1ncc(CN2CCC3(CC2)c2nc[nH]c2CCN3C)cn1. The minimum Gasteiger partial charge on any atom is -0.348 e. The molecule has 2 aromatic heterocycles. The van der Waals surface area contributed by atoms with Gasteiger partial charge in [-0.25, -0.2) is 15.0 Å². The average Bonchev–Trinajstić information content (AvgIpc) is 3.18. The summed E-state index contributed by atoms with van der Waals surface area (Å²) >= 11 is 1.76. The largest absolute Gasteiger partial charge is 0.348 e. The number of likely N-dealkylation sites (tertiary alicyclic amines) is 1. The highest BCUT2D eigenvalue weighted by Gasteiger charge is 2.44. The smallest absolute Gasteiger partial charge is 0.187 e. The Balaban J connectivity index is 1.35. The maximum atomic E-state index is 4.70.